The van der Waals surface area contributed by atoms with E-state index in [2.05, 4.69) is 19.9 Å². The van der Waals surface area contributed by atoms with Gasteiger partial charge in [-0.15, -0.1) is 0 Å². The van der Waals surface area contributed by atoms with Crippen LogP contribution in [0.2, 0.25) is 5.02 Å². The van der Waals surface area contributed by atoms with Crippen molar-refractivity contribution in [3.8, 4) is 0 Å². The number of hydrogen-bond acceptors (Lipinski definition) is 9. The Kier molecular flexibility index (Phi) is 5.85. The Morgan fingerprint density at radius 3 is 2.79 bits per heavy atom. The van der Waals surface area contributed by atoms with Gasteiger partial charge in [0.25, 0.3) is 0 Å². The van der Waals surface area contributed by atoms with Crippen molar-refractivity contribution in [1.29, 1.82) is 0 Å². The van der Waals surface area contributed by atoms with Crippen LogP contribution in [0.3, 0.4) is 0 Å². The second-order valence-corrected chi connectivity index (χ2v) is 9.03. The zero-order valence-corrected chi connectivity index (χ0v) is 17.8. The molecule has 4 heterocycles. The normalized spacial score (nSPS) is 23.7. The van der Waals surface area contributed by atoms with E-state index in [4.69, 9.17) is 27.8 Å². The average Bonchev–Trinajstić information content (AvgIpc) is 3.01. The van der Waals surface area contributed by atoms with Crippen molar-refractivity contribution in [1.82, 2.24) is 15.0 Å². The van der Waals surface area contributed by atoms with Crippen molar-refractivity contribution >= 4 is 34.9 Å². The van der Waals surface area contributed by atoms with E-state index >= 15 is 0 Å². The van der Waals surface area contributed by atoms with E-state index in [-0.39, 0.29) is 30.0 Å². The minimum Gasteiger partial charge on any atom is -0.390 e. The van der Waals surface area contributed by atoms with Crippen LogP contribution in [-0.2, 0) is 11.3 Å². The van der Waals surface area contributed by atoms with Crippen LogP contribution in [0.5, 0.6) is 0 Å². The molecule has 2 aromatic heterocycles. The van der Waals surface area contributed by atoms with Crippen LogP contribution < -0.4 is 16.4 Å². The zero-order valence-electron chi connectivity index (χ0n) is 16.2. The average molecular weight is 437 g/mol. The molecule has 0 bridgehead atoms. The first-order valence-electron chi connectivity index (χ1n) is 9.60. The third-order valence-electron chi connectivity index (χ3n) is 6.00. The van der Waals surface area contributed by atoms with Gasteiger partial charge in [-0.3, -0.25) is 0 Å². The molecule has 8 nitrogen and oxygen atoms in total. The molecule has 10 heteroatoms. The first-order valence-corrected chi connectivity index (χ1v) is 10.8. The fraction of sp³-hybridized carbons (Fsp3) is 0.526. The van der Waals surface area contributed by atoms with E-state index in [9.17, 15) is 5.11 Å². The predicted octanol–water partition coefficient (Wildman–Crippen LogP) is 2.08. The number of nitrogen functional groups attached to an aromatic ring is 1. The summed E-state index contributed by atoms with van der Waals surface area (Å²) in [5.41, 5.74) is 13.7. The largest absolute Gasteiger partial charge is 0.390 e. The van der Waals surface area contributed by atoms with Crippen molar-refractivity contribution in [3.63, 3.8) is 0 Å². The van der Waals surface area contributed by atoms with Gasteiger partial charge in [-0.1, -0.05) is 11.6 Å². The maximum Gasteiger partial charge on any atom is 0.192 e. The molecule has 0 aromatic carbocycles. The number of aliphatic hydroxyl groups is 1. The highest BCUT2D eigenvalue weighted by Crippen LogP contribution is 2.42. The van der Waals surface area contributed by atoms with E-state index < -0.39 is 0 Å². The Labute approximate surface area is 179 Å². The molecule has 2 saturated heterocycles. The van der Waals surface area contributed by atoms with Crippen LogP contribution in [0, 0.1) is 5.41 Å². The molecular weight excluding hydrogens is 412 g/mol. The molecule has 0 saturated carbocycles. The first-order chi connectivity index (χ1) is 13.9. The quantitative estimate of drug-likeness (QED) is 0.618. The van der Waals surface area contributed by atoms with Gasteiger partial charge in [0.15, 0.2) is 5.16 Å². The van der Waals surface area contributed by atoms with Gasteiger partial charge in [0, 0.05) is 35.6 Å². The summed E-state index contributed by atoms with van der Waals surface area (Å²) < 4.78 is 5.80. The van der Waals surface area contributed by atoms with Crippen LogP contribution in [0.25, 0.3) is 0 Å². The summed E-state index contributed by atoms with van der Waals surface area (Å²) >= 11 is 7.50. The molecule has 0 unspecified atom stereocenters. The molecule has 156 valence electrons. The Bertz CT molecular complexity index is 893. The van der Waals surface area contributed by atoms with Gasteiger partial charge in [0.05, 0.1) is 41.9 Å². The molecule has 1 spiro atoms. The fourth-order valence-electron chi connectivity index (χ4n) is 4.11. The lowest BCUT2D eigenvalue weighted by Gasteiger charge is -2.42. The van der Waals surface area contributed by atoms with Gasteiger partial charge in [-0.05, 0) is 37.6 Å². The summed E-state index contributed by atoms with van der Waals surface area (Å²) in [6, 6.07) is 1.83. The smallest absolute Gasteiger partial charge is 0.192 e. The summed E-state index contributed by atoms with van der Waals surface area (Å²) in [6.45, 7) is 4.26. The molecule has 2 aliphatic rings. The maximum absolute atomic E-state index is 9.90. The van der Waals surface area contributed by atoms with Gasteiger partial charge >= 0.3 is 0 Å². The van der Waals surface area contributed by atoms with Crippen LogP contribution in [0.15, 0.2) is 28.5 Å². The summed E-state index contributed by atoms with van der Waals surface area (Å²) in [5.74, 6) is 0.265. The highest BCUT2D eigenvalue weighted by atomic mass is 35.5. The van der Waals surface area contributed by atoms with Gasteiger partial charge in [-0.25, -0.2) is 15.0 Å². The summed E-state index contributed by atoms with van der Waals surface area (Å²) in [6.07, 6.45) is 5.36. The third-order valence-corrected chi connectivity index (χ3v) is 7.45. The van der Waals surface area contributed by atoms with Crippen molar-refractivity contribution in [2.24, 2.45) is 11.1 Å². The monoisotopic (exact) mass is 436 g/mol. The standard InChI is InChI=1S/C19H25ClN6O2S/c1-11-16(21)19(10-28-11)3-6-26(7-4-19)13-8-24-18(25-12(13)9-27)29-14-2-5-23-17(22)15(14)20/h2,5,8,11,16,27H,3-4,6-7,9-10,21H2,1H3,(H2,22,23)/t11-,16+/m0/s1. The highest BCUT2D eigenvalue weighted by molar-refractivity contribution is 7.99. The van der Waals surface area contributed by atoms with E-state index in [0.29, 0.717) is 15.9 Å². The third kappa shape index (κ3) is 3.89. The zero-order chi connectivity index (χ0) is 20.6. The van der Waals surface area contributed by atoms with Crippen LogP contribution in [0.1, 0.15) is 25.5 Å². The molecular formula is C19H25ClN6O2S. The van der Waals surface area contributed by atoms with Gasteiger partial charge in [-0.2, -0.15) is 0 Å². The number of halogens is 1. The van der Waals surface area contributed by atoms with Crippen LogP contribution >= 0.6 is 23.4 Å². The molecule has 5 N–H and O–H groups in total. The molecule has 0 amide bonds. The lowest BCUT2D eigenvalue weighted by atomic mass is 9.73. The minimum atomic E-state index is -0.168. The van der Waals surface area contributed by atoms with E-state index in [1.807, 2.05) is 6.92 Å². The number of nitrogens with two attached hydrogens (primary N) is 2. The van der Waals surface area contributed by atoms with Gasteiger partial charge in [0.2, 0.25) is 0 Å². The molecule has 2 atom stereocenters. The number of piperidine rings is 1. The molecule has 2 aromatic rings. The predicted molar refractivity (Wildman–Crippen MR) is 113 cm³/mol. The molecule has 4 rings (SSSR count). The second kappa shape index (κ2) is 8.23. The van der Waals surface area contributed by atoms with Gasteiger partial charge in [0.1, 0.15) is 5.82 Å². The van der Waals surface area contributed by atoms with Crippen molar-refractivity contribution < 1.29 is 9.84 Å². The number of hydrogen-bond donors (Lipinski definition) is 3. The van der Waals surface area contributed by atoms with Crippen LogP contribution in [0.4, 0.5) is 11.5 Å². The SMILES string of the molecule is C[C@@H]1OCC2(CCN(c3cnc(Sc4ccnc(N)c4Cl)nc3CO)CC2)[C@@H]1N. The number of rotatable bonds is 4. The fourth-order valence-corrected chi connectivity index (χ4v) is 5.12. The lowest BCUT2D eigenvalue weighted by Crippen LogP contribution is -2.50. The number of aromatic nitrogens is 3. The van der Waals surface area contributed by atoms with Crippen molar-refractivity contribution in [3.05, 3.63) is 29.2 Å². The lowest BCUT2D eigenvalue weighted by molar-refractivity contribution is 0.0974. The number of anilines is 2. The molecule has 29 heavy (non-hydrogen) atoms. The van der Waals surface area contributed by atoms with Crippen LogP contribution in [-0.4, -0.2) is 51.9 Å². The van der Waals surface area contributed by atoms with E-state index in [1.54, 1.807) is 18.5 Å². The first kappa shape index (κ1) is 20.6. The topological polar surface area (TPSA) is 123 Å². The number of aliphatic hydroxyl groups excluding tert-OH is 1. The minimum absolute atomic E-state index is 0.0456. The molecule has 0 radical (unpaired) electrons. The molecule has 2 fully saturated rings. The van der Waals surface area contributed by atoms with E-state index in [1.165, 1.54) is 11.8 Å². The number of ether oxygens (including phenoxy) is 1. The summed E-state index contributed by atoms with van der Waals surface area (Å²) in [4.78, 5) is 15.9. The summed E-state index contributed by atoms with van der Waals surface area (Å²) in [7, 11) is 0. The Hall–Kier alpha value is -1.65. The number of pyridine rings is 1. The van der Waals surface area contributed by atoms with Crippen molar-refractivity contribution in [2.45, 2.75) is 48.6 Å². The Morgan fingerprint density at radius 1 is 1.38 bits per heavy atom. The highest BCUT2D eigenvalue weighted by Gasteiger charge is 2.47. The van der Waals surface area contributed by atoms with Gasteiger partial charge < -0.3 is 26.2 Å². The Morgan fingerprint density at radius 2 is 2.14 bits per heavy atom. The van der Waals surface area contributed by atoms with E-state index in [0.717, 1.165) is 43.1 Å². The Balaban J connectivity index is 1.50. The number of nitrogens with zero attached hydrogens (tertiary/aromatic N) is 4. The van der Waals surface area contributed by atoms with Crippen molar-refractivity contribution in [2.75, 3.05) is 30.3 Å². The summed E-state index contributed by atoms with van der Waals surface area (Å²) in [5, 5.41) is 10.8. The second-order valence-electron chi connectivity index (χ2n) is 7.64. The molecule has 0 aliphatic carbocycles. The molecule has 2 aliphatic heterocycles. The maximum atomic E-state index is 9.90.